The maximum Gasteiger partial charge on any atom is 0.339 e. The van der Waals surface area contributed by atoms with Crippen LogP contribution in [-0.4, -0.2) is 17.2 Å². The van der Waals surface area contributed by atoms with Crippen molar-refractivity contribution >= 4 is 5.97 Å². The van der Waals surface area contributed by atoms with E-state index in [9.17, 15) is 9.90 Å². The van der Waals surface area contributed by atoms with Gasteiger partial charge in [-0.25, -0.2) is 4.79 Å². The summed E-state index contributed by atoms with van der Waals surface area (Å²) < 4.78 is 5.23. The lowest BCUT2D eigenvalue weighted by Gasteiger charge is -2.11. The van der Waals surface area contributed by atoms with Crippen molar-refractivity contribution < 1.29 is 14.6 Å². The van der Waals surface area contributed by atoms with Gasteiger partial charge in [0.25, 0.3) is 0 Å². The van der Waals surface area contributed by atoms with Crippen molar-refractivity contribution in [3.63, 3.8) is 0 Å². The number of aliphatic hydroxyl groups is 1. The predicted molar refractivity (Wildman–Crippen MR) is 55.5 cm³/mol. The van der Waals surface area contributed by atoms with Crippen LogP contribution in [-0.2, 0) is 4.74 Å². The molecule has 1 aliphatic heterocycles. The van der Waals surface area contributed by atoms with Gasteiger partial charge in [0.05, 0.1) is 11.7 Å². The highest BCUT2D eigenvalue weighted by Gasteiger charge is 2.30. The fourth-order valence-electron chi connectivity index (χ4n) is 1.83. The second kappa shape index (κ2) is 4.03. The summed E-state index contributed by atoms with van der Waals surface area (Å²) in [5.41, 5.74) is 1.61. The monoisotopic (exact) mass is 206 g/mol. The minimum absolute atomic E-state index is 0.178. The molecule has 1 N–H and O–H groups in total. The molecule has 1 aromatic rings. The number of carbonyl (C=O) groups excluding carboxylic acids is 1. The van der Waals surface area contributed by atoms with E-state index in [2.05, 4.69) is 0 Å². The molecule has 1 aliphatic rings. The summed E-state index contributed by atoms with van der Waals surface area (Å²) in [6, 6.07) is 7.42. The van der Waals surface area contributed by atoms with Crippen LogP contribution in [0.25, 0.3) is 0 Å². The molecule has 1 heterocycles. The van der Waals surface area contributed by atoms with Gasteiger partial charge in [0.15, 0.2) is 0 Å². The van der Waals surface area contributed by atoms with E-state index in [4.69, 9.17) is 4.74 Å². The SMILES string of the molecule is CC(O)CC[C@@H]1OC(=O)c2ccccc21. The Balaban J connectivity index is 2.14. The number of hydrogen-bond donors (Lipinski definition) is 1. The molecule has 0 radical (unpaired) electrons. The molecule has 0 saturated carbocycles. The van der Waals surface area contributed by atoms with Crippen LogP contribution >= 0.6 is 0 Å². The third kappa shape index (κ3) is 2.02. The molecular weight excluding hydrogens is 192 g/mol. The number of benzene rings is 1. The fraction of sp³-hybridized carbons (Fsp3) is 0.417. The van der Waals surface area contributed by atoms with Gasteiger partial charge in [0.1, 0.15) is 6.10 Å². The quantitative estimate of drug-likeness (QED) is 0.770. The summed E-state index contributed by atoms with van der Waals surface area (Å²) in [6.45, 7) is 1.74. The van der Waals surface area contributed by atoms with Crippen molar-refractivity contribution in [2.24, 2.45) is 0 Å². The molecule has 0 bridgehead atoms. The van der Waals surface area contributed by atoms with Gasteiger partial charge in [-0.1, -0.05) is 18.2 Å². The summed E-state index contributed by atoms with van der Waals surface area (Å²) in [5.74, 6) is -0.249. The van der Waals surface area contributed by atoms with Gasteiger partial charge < -0.3 is 9.84 Å². The zero-order valence-electron chi connectivity index (χ0n) is 8.64. The Labute approximate surface area is 88.7 Å². The van der Waals surface area contributed by atoms with Gasteiger partial charge in [-0.3, -0.25) is 0 Å². The Morgan fingerprint density at radius 3 is 2.93 bits per heavy atom. The summed E-state index contributed by atoms with van der Waals surface area (Å²) in [5, 5.41) is 9.19. The first-order chi connectivity index (χ1) is 7.18. The molecule has 1 aromatic carbocycles. The minimum Gasteiger partial charge on any atom is -0.454 e. The molecule has 3 heteroatoms. The molecule has 15 heavy (non-hydrogen) atoms. The fourth-order valence-corrected chi connectivity index (χ4v) is 1.83. The average Bonchev–Trinajstić information content (AvgIpc) is 2.54. The third-order valence-corrected chi connectivity index (χ3v) is 2.62. The van der Waals surface area contributed by atoms with E-state index in [0.717, 1.165) is 5.56 Å². The van der Waals surface area contributed by atoms with Crippen molar-refractivity contribution in [1.82, 2.24) is 0 Å². The Morgan fingerprint density at radius 2 is 2.20 bits per heavy atom. The number of carbonyl (C=O) groups is 1. The highest BCUT2D eigenvalue weighted by Crippen LogP contribution is 2.33. The van der Waals surface area contributed by atoms with E-state index in [1.54, 1.807) is 13.0 Å². The number of esters is 1. The second-order valence-corrected chi connectivity index (χ2v) is 3.91. The van der Waals surface area contributed by atoms with Gasteiger partial charge in [-0.2, -0.15) is 0 Å². The van der Waals surface area contributed by atoms with Crippen LogP contribution in [0.15, 0.2) is 24.3 Å². The van der Waals surface area contributed by atoms with E-state index < -0.39 is 0 Å². The van der Waals surface area contributed by atoms with Crippen LogP contribution in [0.1, 0.15) is 41.8 Å². The van der Waals surface area contributed by atoms with Crippen LogP contribution in [0.4, 0.5) is 0 Å². The Kier molecular flexibility index (Phi) is 2.73. The van der Waals surface area contributed by atoms with Crippen molar-refractivity contribution in [3.8, 4) is 0 Å². The number of ether oxygens (including phenoxy) is 1. The van der Waals surface area contributed by atoms with E-state index in [-0.39, 0.29) is 18.2 Å². The molecule has 80 valence electrons. The molecule has 1 unspecified atom stereocenters. The van der Waals surface area contributed by atoms with E-state index in [0.29, 0.717) is 18.4 Å². The molecule has 0 amide bonds. The van der Waals surface area contributed by atoms with Crippen LogP contribution in [0.5, 0.6) is 0 Å². The Hall–Kier alpha value is -1.35. The highest BCUT2D eigenvalue weighted by molar-refractivity contribution is 5.93. The van der Waals surface area contributed by atoms with Gasteiger partial charge in [-0.05, 0) is 25.8 Å². The van der Waals surface area contributed by atoms with E-state index in [1.165, 1.54) is 0 Å². The predicted octanol–water partition coefficient (Wildman–Crippen LogP) is 2.06. The normalized spacial score (nSPS) is 20.9. The average molecular weight is 206 g/mol. The molecular formula is C12H14O3. The van der Waals surface area contributed by atoms with E-state index >= 15 is 0 Å². The summed E-state index contributed by atoms with van der Waals surface area (Å²) in [4.78, 5) is 11.4. The largest absolute Gasteiger partial charge is 0.454 e. The Bertz CT molecular complexity index is 371. The first-order valence-corrected chi connectivity index (χ1v) is 5.16. The van der Waals surface area contributed by atoms with Crippen LogP contribution in [0.3, 0.4) is 0 Å². The minimum atomic E-state index is -0.350. The second-order valence-electron chi connectivity index (χ2n) is 3.91. The van der Waals surface area contributed by atoms with Gasteiger partial charge in [0.2, 0.25) is 0 Å². The van der Waals surface area contributed by atoms with Crippen molar-refractivity contribution in [1.29, 1.82) is 0 Å². The molecule has 0 aromatic heterocycles. The number of aliphatic hydroxyl groups excluding tert-OH is 1. The zero-order chi connectivity index (χ0) is 10.8. The van der Waals surface area contributed by atoms with Crippen molar-refractivity contribution in [2.45, 2.75) is 32.0 Å². The topological polar surface area (TPSA) is 46.5 Å². The third-order valence-electron chi connectivity index (χ3n) is 2.62. The number of cyclic esters (lactones) is 1. The van der Waals surface area contributed by atoms with E-state index in [1.807, 2.05) is 18.2 Å². The zero-order valence-corrected chi connectivity index (χ0v) is 8.64. The molecule has 2 rings (SSSR count). The van der Waals surface area contributed by atoms with Crippen molar-refractivity contribution in [3.05, 3.63) is 35.4 Å². The van der Waals surface area contributed by atoms with Gasteiger partial charge in [-0.15, -0.1) is 0 Å². The molecule has 0 spiro atoms. The summed E-state index contributed by atoms with van der Waals surface area (Å²) in [7, 11) is 0. The van der Waals surface area contributed by atoms with Crippen molar-refractivity contribution in [2.75, 3.05) is 0 Å². The maximum atomic E-state index is 11.4. The van der Waals surface area contributed by atoms with Gasteiger partial charge in [0, 0.05) is 5.56 Å². The lowest BCUT2D eigenvalue weighted by molar-refractivity contribution is 0.0333. The molecule has 0 saturated heterocycles. The standard InChI is InChI=1S/C12H14O3/c1-8(13)6-7-11-9-4-2-3-5-10(9)12(14)15-11/h2-5,8,11,13H,6-7H2,1H3/t8?,11-/m0/s1. The number of rotatable bonds is 3. The first kappa shape index (κ1) is 10.2. The first-order valence-electron chi connectivity index (χ1n) is 5.16. The molecule has 0 aliphatic carbocycles. The van der Waals surface area contributed by atoms with Crippen LogP contribution < -0.4 is 0 Å². The number of hydrogen-bond acceptors (Lipinski definition) is 3. The smallest absolute Gasteiger partial charge is 0.339 e. The van der Waals surface area contributed by atoms with Gasteiger partial charge >= 0.3 is 5.97 Å². The molecule has 3 nitrogen and oxygen atoms in total. The van der Waals surface area contributed by atoms with Crippen LogP contribution in [0, 0.1) is 0 Å². The lowest BCUT2D eigenvalue weighted by Crippen LogP contribution is -2.05. The number of fused-ring (bicyclic) bond motifs is 1. The Morgan fingerprint density at radius 1 is 1.47 bits per heavy atom. The van der Waals surface area contributed by atoms with Crippen LogP contribution in [0.2, 0.25) is 0 Å². The molecule has 0 fully saturated rings. The maximum absolute atomic E-state index is 11.4. The summed E-state index contributed by atoms with van der Waals surface area (Å²) in [6.07, 6.45) is 0.798. The summed E-state index contributed by atoms with van der Waals surface area (Å²) >= 11 is 0. The lowest BCUT2D eigenvalue weighted by atomic mass is 10.0. The molecule has 2 atom stereocenters. The highest BCUT2D eigenvalue weighted by atomic mass is 16.5.